The van der Waals surface area contributed by atoms with Crippen molar-refractivity contribution in [1.29, 1.82) is 0 Å². The van der Waals surface area contributed by atoms with Crippen molar-refractivity contribution in [3.8, 4) is 0 Å². The summed E-state index contributed by atoms with van der Waals surface area (Å²) >= 11 is 0. The zero-order chi connectivity index (χ0) is 20.1. The lowest BCUT2D eigenvalue weighted by Gasteiger charge is -2.34. The third kappa shape index (κ3) is 4.75. The van der Waals surface area contributed by atoms with Crippen LogP contribution in [-0.2, 0) is 22.7 Å². The van der Waals surface area contributed by atoms with Crippen LogP contribution in [-0.4, -0.2) is 45.8 Å². The Balaban J connectivity index is 1.42. The van der Waals surface area contributed by atoms with Gasteiger partial charge in [-0.15, -0.1) is 0 Å². The number of carbonyl (C=O) groups is 2. The Hall–Kier alpha value is -3.32. The van der Waals surface area contributed by atoms with Crippen molar-refractivity contribution >= 4 is 22.6 Å². The Bertz CT molecular complexity index is 1010. The molecule has 4 rings (SSSR count). The first-order valence-electron chi connectivity index (χ1n) is 9.70. The number of nitrogens with one attached hydrogen (secondary N) is 2. The van der Waals surface area contributed by atoms with Crippen molar-refractivity contribution in [3.63, 3.8) is 0 Å². The lowest BCUT2D eigenvalue weighted by atomic mass is 10.0. The Morgan fingerprint density at radius 3 is 2.86 bits per heavy atom. The fourth-order valence-electron chi connectivity index (χ4n) is 3.60. The van der Waals surface area contributed by atoms with Gasteiger partial charge in [0, 0.05) is 25.8 Å². The summed E-state index contributed by atoms with van der Waals surface area (Å²) in [6.07, 6.45) is 3.19. The predicted molar refractivity (Wildman–Crippen MR) is 110 cm³/mol. The van der Waals surface area contributed by atoms with Crippen LogP contribution in [0.25, 0.3) is 10.8 Å². The van der Waals surface area contributed by atoms with E-state index in [0.717, 1.165) is 11.3 Å². The fraction of sp³-hybridized carbons (Fsp3) is 0.273. The van der Waals surface area contributed by atoms with E-state index >= 15 is 0 Å². The van der Waals surface area contributed by atoms with E-state index in [9.17, 15) is 9.59 Å². The Kier molecular flexibility index (Phi) is 5.76. The first-order chi connectivity index (χ1) is 14.2. The molecule has 1 fully saturated rings. The second-order valence-corrected chi connectivity index (χ2v) is 7.14. The number of nitrogens with zero attached hydrogens (tertiary/aromatic N) is 3. The molecule has 7 nitrogen and oxygen atoms in total. The van der Waals surface area contributed by atoms with Gasteiger partial charge >= 0.3 is 0 Å². The van der Waals surface area contributed by atoms with Crippen LogP contribution in [0.15, 0.2) is 61.1 Å². The van der Waals surface area contributed by atoms with E-state index < -0.39 is 6.04 Å². The molecule has 0 spiro atoms. The zero-order valence-corrected chi connectivity index (χ0v) is 16.0. The molecule has 2 aromatic carbocycles. The monoisotopic (exact) mass is 389 g/mol. The molecule has 0 unspecified atom stereocenters. The summed E-state index contributed by atoms with van der Waals surface area (Å²) in [5, 5.41) is 8.08. The number of hydrogen-bond donors (Lipinski definition) is 2. The third-order valence-electron chi connectivity index (χ3n) is 5.13. The number of carbonyl (C=O) groups excluding carboxylic acids is 2. The maximum Gasteiger partial charge on any atom is 0.237 e. The fourth-order valence-corrected chi connectivity index (χ4v) is 3.60. The van der Waals surface area contributed by atoms with Crippen LogP contribution in [0, 0.1) is 0 Å². The SMILES string of the molecule is O=C(C[C@H]1C(=O)NCCN1Cc1ccc2ccccc2c1)NCc1ccncn1. The molecule has 3 aromatic rings. The standard InChI is InChI=1S/C22H23N5O2/c28-21(25-13-19-7-8-23-15-26-19)12-20-22(29)24-9-10-27(20)14-16-5-6-17-3-1-2-4-18(17)11-16/h1-8,11,15,20H,9-10,12-14H2,(H,24,29)(H,25,28)/t20-/m0/s1. The zero-order valence-electron chi connectivity index (χ0n) is 16.0. The van der Waals surface area contributed by atoms with Gasteiger partial charge in [-0.25, -0.2) is 9.97 Å². The van der Waals surface area contributed by atoms with Gasteiger partial charge in [-0.1, -0.05) is 36.4 Å². The Labute approximate surface area is 169 Å². The van der Waals surface area contributed by atoms with Crippen molar-refractivity contribution < 1.29 is 9.59 Å². The van der Waals surface area contributed by atoms with Crippen LogP contribution < -0.4 is 10.6 Å². The Morgan fingerprint density at radius 1 is 1.17 bits per heavy atom. The molecule has 2 N–H and O–H groups in total. The van der Waals surface area contributed by atoms with Gasteiger partial charge in [-0.2, -0.15) is 0 Å². The minimum absolute atomic E-state index is 0.103. The summed E-state index contributed by atoms with van der Waals surface area (Å²) in [4.78, 5) is 34.9. The highest BCUT2D eigenvalue weighted by atomic mass is 16.2. The number of piperazine rings is 1. The van der Waals surface area contributed by atoms with E-state index in [1.165, 1.54) is 17.1 Å². The summed E-state index contributed by atoms with van der Waals surface area (Å²) < 4.78 is 0. The molecule has 0 radical (unpaired) electrons. The number of rotatable bonds is 6. The summed E-state index contributed by atoms with van der Waals surface area (Å²) in [6.45, 7) is 2.25. The van der Waals surface area contributed by atoms with Crippen LogP contribution in [0.2, 0.25) is 0 Å². The summed E-state index contributed by atoms with van der Waals surface area (Å²) in [5.74, 6) is -0.275. The minimum atomic E-state index is -0.486. The molecule has 1 saturated heterocycles. The van der Waals surface area contributed by atoms with Gasteiger partial charge in [0.1, 0.15) is 6.33 Å². The van der Waals surface area contributed by atoms with Gasteiger partial charge in [0.05, 0.1) is 24.7 Å². The summed E-state index contributed by atoms with van der Waals surface area (Å²) in [6, 6.07) is 15.8. The number of amides is 2. The lowest BCUT2D eigenvalue weighted by molar-refractivity contribution is -0.134. The van der Waals surface area contributed by atoms with E-state index in [0.29, 0.717) is 26.2 Å². The van der Waals surface area contributed by atoms with E-state index in [1.54, 1.807) is 12.3 Å². The molecule has 2 heterocycles. The highest BCUT2D eigenvalue weighted by Crippen LogP contribution is 2.19. The van der Waals surface area contributed by atoms with Crippen molar-refractivity contribution in [2.75, 3.05) is 13.1 Å². The molecular formula is C22H23N5O2. The van der Waals surface area contributed by atoms with Gasteiger partial charge in [0.2, 0.25) is 11.8 Å². The summed E-state index contributed by atoms with van der Waals surface area (Å²) in [7, 11) is 0. The highest BCUT2D eigenvalue weighted by Gasteiger charge is 2.31. The molecule has 1 aliphatic rings. The smallest absolute Gasteiger partial charge is 0.237 e. The van der Waals surface area contributed by atoms with E-state index in [-0.39, 0.29) is 18.2 Å². The Morgan fingerprint density at radius 2 is 2.03 bits per heavy atom. The van der Waals surface area contributed by atoms with Gasteiger partial charge in [0.25, 0.3) is 0 Å². The molecule has 1 aliphatic heterocycles. The molecule has 148 valence electrons. The molecule has 0 bridgehead atoms. The molecule has 1 aromatic heterocycles. The van der Waals surface area contributed by atoms with Crippen molar-refractivity contribution in [2.24, 2.45) is 0 Å². The van der Waals surface area contributed by atoms with Crippen LogP contribution >= 0.6 is 0 Å². The van der Waals surface area contributed by atoms with E-state index in [1.807, 2.05) is 12.1 Å². The topological polar surface area (TPSA) is 87.2 Å². The average Bonchev–Trinajstić information content (AvgIpc) is 2.75. The molecule has 0 aliphatic carbocycles. The first-order valence-corrected chi connectivity index (χ1v) is 9.70. The first kappa shape index (κ1) is 19.0. The molecule has 29 heavy (non-hydrogen) atoms. The molecule has 7 heteroatoms. The minimum Gasteiger partial charge on any atom is -0.353 e. The lowest BCUT2D eigenvalue weighted by Crippen LogP contribution is -2.56. The molecule has 0 saturated carbocycles. The number of fused-ring (bicyclic) bond motifs is 1. The molecule has 1 atom stereocenters. The summed E-state index contributed by atoms with van der Waals surface area (Å²) in [5.41, 5.74) is 1.86. The quantitative estimate of drug-likeness (QED) is 0.669. The van der Waals surface area contributed by atoms with Crippen molar-refractivity contribution in [2.45, 2.75) is 25.6 Å². The average molecular weight is 389 g/mol. The van der Waals surface area contributed by atoms with Crippen LogP contribution in [0.5, 0.6) is 0 Å². The van der Waals surface area contributed by atoms with Gasteiger partial charge in [-0.05, 0) is 28.5 Å². The maximum atomic E-state index is 12.5. The number of aromatic nitrogens is 2. The molecule has 2 amide bonds. The predicted octanol–water partition coefficient (Wildman–Crippen LogP) is 1.64. The van der Waals surface area contributed by atoms with Crippen molar-refractivity contribution in [1.82, 2.24) is 25.5 Å². The second-order valence-electron chi connectivity index (χ2n) is 7.14. The number of hydrogen-bond acceptors (Lipinski definition) is 5. The van der Waals surface area contributed by atoms with E-state index in [4.69, 9.17) is 0 Å². The van der Waals surface area contributed by atoms with Crippen molar-refractivity contribution in [3.05, 3.63) is 72.3 Å². The van der Waals surface area contributed by atoms with Crippen LogP contribution in [0.1, 0.15) is 17.7 Å². The number of benzene rings is 2. The second kappa shape index (κ2) is 8.79. The van der Waals surface area contributed by atoms with Crippen LogP contribution in [0.3, 0.4) is 0 Å². The normalized spacial score (nSPS) is 17.1. The van der Waals surface area contributed by atoms with Gasteiger partial charge < -0.3 is 10.6 Å². The van der Waals surface area contributed by atoms with E-state index in [2.05, 4.69) is 55.8 Å². The maximum absolute atomic E-state index is 12.5. The largest absolute Gasteiger partial charge is 0.353 e. The van der Waals surface area contributed by atoms with Crippen LogP contribution in [0.4, 0.5) is 0 Å². The molecular weight excluding hydrogens is 366 g/mol. The highest BCUT2D eigenvalue weighted by molar-refractivity contribution is 5.89. The third-order valence-corrected chi connectivity index (χ3v) is 5.13. The van der Waals surface area contributed by atoms with Gasteiger partial charge in [-0.3, -0.25) is 14.5 Å². The van der Waals surface area contributed by atoms with Gasteiger partial charge in [0.15, 0.2) is 0 Å².